The lowest BCUT2D eigenvalue weighted by molar-refractivity contribution is 0.448. The highest BCUT2D eigenvalue weighted by Crippen LogP contribution is 2.36. The predicted molar refractivity (Wildman–Crippen MR) is 104 cm³/mol. The van der Waals surface area contributed by atoms with Crippen molar-refractivity contribution in [3.63, 3.8) is 0 Å². The predicted octanol–water partition coefficient (Wildman–Crippen LogP) is 3.87. The van der Waals surface area contributed by atoms with Gasteiger partial charge in [-0.05, 0) is 42.0 Å². The van der Waals surface area contributed by atoms with Gasteiger partial charge < -0.3 is 24.8 Å². The van der Waals surface area contributed by atoms with Crippen LogP contribution in [0.25, 0.3) is 22.3 Å². The number of fused-ring (bicyclic) bond motifs is 1. The highest BCUT2D eigenvalue weighted by atomic mass is 16.3. The van der Waals surface area contributed by atoms with E-state index in [0.29, 0.717) is 11.1 Å². The highest BCUT2D eigenvalue weighted by molar-refractivity contribution is 5.89. The summed E-state index contributed by atoms with van der Waals surface area (Å²) in [6, 6.07) is 14.9. The quantitative estimate of drug-likeness (QED) is 0.432. The Hall–Kier alpha value is -3.93. The first kappa shape index (κ1) is 17.5. The van der Waals surface area contributed by atoms with Crippen molar-refractivity contribution in [1.29, 1.82) is 0 Å². The van der Waals surface area contributed by atoms with Gasteiger partial charge in [0, 0.05) is 29.7 Å². The summed E-state index contributed by atoms with van der Waals surface area (Å²) in [7, 11) is 0. The van der Waals surface area contributed by atoms with Crippen LogP contribution in [0, 0.1) is 0 Å². The molecular weight excluding hydrogens is 360 g/mol. The van der Waals surface area contributed by atoms with Crippen molar-refractivity contribution in [3.05, 3.63) is 82.0 Å². The maximum Gasteiger partial charge on any atom is 0.197 e. The van der Waals surface area contributed by atoms with Gasteiger partial charge in [0.2, 0.25) is 0 Å². The summed E-state index contributed by atoms with van der Waals surface area (Å²) in [5, 5.41) is 39.4. The fraction of sp³-hybridized carbons (Fsp3) is 0.0455. The van der Waals surface area contributed by atoms with E-state index in [4.69, 9.17) is 4.42 Å². The first-order valence-corrected chi connectivity index (χ1v) is 8.51. The molecule has 0 aliphatic heterocycles. The number of hydrogen-bond acceptors (Lipinski definition) is 6. The van der Waals surface area contributed by atoms with Crippen LogP contribution >= 0.6 is 0 Å². The van der Waals surface area contributed by atoms with E-state index in [9.17, 15) is 25.2 Å². The van der Waals surface area contributed by atoms with E-state index < -0.39 is 5.43 Å². The molecule has 0 fully saturated rings. The van der Waals surface area contributed by atoms with Gasteiger partial charge in [0.05, 0.1) is 0 Å². The molecule has 0 spiro atoms. The molecular formula is C22H16O6. The second kappa shape index (κ2) is 6.66. The Morgan fingerprint density at radius 2 is 1.36 bits per heavy atom. The summed E-state index contributed by atoms with van der Waals surface area (Å²) in [5.74, 6) is -0.133. The van der Waals surface area contributed by atoms with E-state index in [2.05, 4.69) is 0 Å². The summed E-state index contributed by atoms with van der Waals surface area (Å²) < 4.78 is 5.91. The lowest BCUT2D eigenvalue weighted by Crippen LogP contribution is -2.03. The van der Waals surface area contributed by atoms with Gasteiger partial charge in [-0.2, -0.15) is 0 Å². The smallest absolute Gasteiger partial charge is 0.197 e. The minimum atomic E-state index is -0.450. The van der Waals surface area contributed by atoms with Gasteiger partial charge in [0.1, 0.15) is 39.7 Å². The van der Waals surface area contributed by atoms with E-state index in [1.54, 1.807) is 24.3 Å². The fourth-order valence-electron chi connectivity index (χ4n) is 3.11. The average molecular weight is 376 g/mol. The first-order valence-electron chi connectivity index (χ1n) is 8.51. The maximum atomic E-state index is 12.6. The number of hydrogen-bond donors (Lipinski definition) is 4. The molecule has 0 saturated heterocycles. The van der Waals surface area contributed by atoms with Crippen molar-refractivity contribution in [3.8, 4) is 34.3 Å². The maximum absolute atomic E-state index is 12.6. The van der Waals surface area contributed by atoms with Crippen LogP contribution in [0.4, 0.5) is 0 Å². The fourth-order valence-corrected chi connectivity index (χ4v) is 3.11. The molecule has 4 aromatic rings. The molecule has 1 aromatic heterocycles. The molecule has 1 heterocycles. The van der Waals surface area contributed by atoms with Crippen molar-refractivity contribution >= 4 is 11.0 Å². The van der Waals surface area contributed by atoms with Crippen LogP contribution < -0.4 is 5.43 Å². The van der Waals surface area contributed by atoms with Gasteiger partial charge in [0.25, 0.3) is 0 Å². The molecule has 0 aliphatic carbocycles. The number of phenols is 4. The average Bonchev–Trinajstić information content (AvgIpc) is 2.66. The van der Waals surface area contributed by atoms with Crippen molar-refractivity contribution in [2.45, 2.75) is 6.42 Å². The number of benzene rings is 3. The molecule has 6 heteroatoms. The van der Waals surface area contributed by atoms with Gasteiger partial charge in [0.15, 0.2) is 5.43 Å². The lowest BCUT2D eigenvalue weighted by Gasteiger charge is -2.11. The zero-order valence-electron chi connectivity index (χ0n) is 14.6. The number of phenolic OH excluding ortho intramolecular Hbond substituents is 4. The normalized spacial score (nSPS) is 11.0. The Bertz CT molecular complexity index is 1220. The topological polar surface area (TPSA) is 111 Å². The van der Waals surface area contributed by atoms with Crippen molar-refractivity contribution < 1.29 is 24.8 Å². The van der Waals surface area contributed by atoms with Crippen LogP contribution in [-0.4, -0.2) is 20.4 Å². The summed E-state index contributed by atoms with van der Waals surface area (Å²) in [5.41, 5.74) is 1.32. The van der Waals surface area contributed by atoms with Crippen LogP contribution in [0.15, 0.2) is 69.9 Å². The standard InChI is InChI=1S/C22H16O6/c23-14-5-1-12(2-6-14)9-16-17(25)10-18(26)21-19(27)11-20(28-22(16)21)13-3-7-15(24)8-4-13/h1-8,10-11,23-26H,9H2. The van der Waals surface area contributed by atoms with E-state index in [1.807, 2.05) is 0 Å². The second-order valence-corrected chi connectivity index (χ2v) is 6.46. The lowest BCUT2D eigenvalue weighted by atomic mass is 10.00. The molecule has 0 radical (unpaired) electrons. The number of aromatic hydroxyl groups is 4. The molecule has 4 N–H and O–H groups in total. The molecule has 140 valence electrons. The van der Waals surface area contributed by atoms with Crippen LogP contribution in [0.3, 0.4) is 0 Å². The molecule has 0 amide bonds. The van der Waals surface area contributed by atoms with Crippen LogP contribution in [-0.2, 0) is 6.42 Å². The third kappa shape index (κ3) is 3.12. The van der Waals surface area contributed by atoms with Gasteiger partial charge in [-0.3, -0.25) is 4.79 Å². The zero-order valence-corrected chi connectivity index (χ0v) is 14.6. The van der Waals surface area contributed by atoms with Crippen LogP contribution in [0.2, 0.25) is 0 Å². The molecule has 4 rings (SSSR count). The van der Waals surface area contributed by atoms with Gasteiger partial charge in [-0.25, -0.2) is 0 Å². The largest absolute Gasteiger partial charge is 0.508 e. The van der Waals surface area contributed by atoms with Crippen molar-refractivity contribution in [1.82, 2.24) is 0 Å². The monoisotopic (exact) mass is 376 g/mol. The molecule has 0 unspecified atom stereocenters. The Morgan fingerprint density at radius 3 is 2.00 bits per heavy atom. The summed E-state index contributed by atoms with van der Waals surface area (Å²) in [6.45, 7) is 0. The van der Waals surface area contributed by atoms with E-state index in [0.717, 1.165) is 11.6 Å². The Balaban J connectivity index is 1.94. The van der Waals surface area contributed by atoms with Crippen LogP contribution in [0.5, 0.6) is 23.0 Å². The van der Waals surface area contributed by atoms with E-state index in [1.165, 1.54) is 30.3 Å². The van der Waals surface area contributed by atoms with Gasteiger partial charge in [-0.15, -0.1) is 0 Å². The van der Waals surface area contributed by atoms with Gasteiger partial charge in [-0.1, -0.05) is 12.1 Å². The Morgan fingerprint density at radius 1 is 0.750 bits per heavy atom. The first-order chi connectivity index (χ1) is 13.4. The third-order valence-electron chi connectivity index (χ3n) is 4.53. The molecule has 3 aromatic carbocycles. The minimum absolute atomic E-state index is 0.0193. The summed E-state index contributed by atoms with van der Waals surface area (Å²) in [4.78, 5) is 12.6. The third-order valence-corrected chi connectivity index (χ3v) is 4.53. The van der Waals surface area contributed by atoms with E-state index >= 15 is 0 Å². The molecule has 0 saturated carbocycles. The minimum Gasteiger partial charge on any atom is -0.508 e. The Kier molecular flexibility index (Phi) is 4.16. The number of rotatable bonds is 3. The van der Waals surface area contributed by atoms with E-state index in [-0.39, 0.29) is 46.1 Å². The zero-order chi connectivity index (χ0) is 19.8. The molecule has 6 nitrogen and oxygen atoms in total. The van der Waals surface area contributed by atoms with Crippen molar-refractivity contribution in [2.75, 3.05) is 0 Å². The van der Waals surface area contributed by atoms with Crippen molar-refractivity contribution in [2.24, 2.45) is 0 Å². The second-order valence-electron chi connectivity index (χ2n) is 6.46. The Labute approximate surface area is 159 Å². The summed E-state index contributed by atoms with van der Waals surface area (Å²) >= 11 is 0. The SMILES string of the molecule is O=c1cc(-c2ccc(O)cc2)oc2c(Cc3ccc(O)cc3)c(O)cc(O)c12. The highest BCUT2D eigenvalue weighted by Gasteiger charge is 2.18. The molecule has 0 aliphatic rings. The van der Waals surface area contributed by atoms with Crippen LogP contribution in [0.1, 0.15) is 11.1 Å². The summed E-state index contributed by atoms with van der Waals surface area (Å²) in [6.07, 6.45) is 0.227. The van der Waals surface area contributed by atoms with Gasteiger partial charge >= 0.3 is 0 Å². The molecule has 0 atom stereocenters. The molecule has 0 bridgehead atoms. The molecule has 28 heavy (non-hydrogen) atoms.